The van der Waals surface area contributed by atoms with Crippen LogP contribution in [0.15, 0.2) is 0 Å². The van der Waals surface area contributed by atoms with Gasteiger partial charge in [-0.1, -0.05) is 0 Å². The Hall–Kier alpha value is 0.240. The van der Waals surface area contributed by atoms with Crippen molar-refractivity contribution in [2.45, 2.75) is 43.8 Å². The zero-order valence-electron chi connectivity index (χ0n) is 8.18. The number of hydrogen-bond acceptors (Lipinski definition) is 2. The highest BCUT2D eigenvalue weighted by molar-refractivity contribution is 7.99. The molecule has 2 N–H and O–H groups in total. The summed E-state index contributed by atoms with van der Waals surface area (Å²) < 4.78 is 13.4. The van der Waals surface area contributed by atoms with E-state index in [0.717, 1.165) is 0 Å². The van der Waals surface area contributed by atoms with Gasteiger partial charge in [0.25, 0.3) is 0 Å². The van der Waals surface area contributed by atoms with Crippen molar-refractivity contribution in [3.8, 4) is 0 Å². The van der Waals surface area contributed by atoms with Crippen LogP contribution in [0.2, 0.25) is 0 Å². The highest BCUT2D eigenvalue weighted by Crippen LogP contribution is 2.49. The van der Waals surface area contributed by atoms with Crippen LogP contribution in [0, 0.1) is 5.92 Å². The Balaban J connectivity index is 1.93. The molecule has 2 fully saturated rings. The minimum absolute atomic E-state index is 0.162. The van der Waals surface area contributed by atoms with Gasteiger partial charge in [0.05, 0.1) is 0 Å². The van der Waals surface area contributed by atoms with E-state index in [1.807, 2.05) is 11.8 Å². The topological polar surface area (TPSA) is 26.0 Å². The van der Waals surface area contributed by atoms with E-state index in [-0.39, 0.29) is 5.54 Å². The number of alkyl halides is 1. The fourth-order valence-corrected chi connectivity index (χ4v) is 3.99. The fraction of sp³-hybridized carbons (Fsp3) is 1.00. The summed E-state index contributed by atoms with van der Waals surface area (Å²) in [6, 6.07) is 0. The van der Waals surface area contributed by atoms with E-state index in [0.29, 0.717) is 18.8 Å². The molecule has 1 saturated carbocycles. The van der Waals surface area contributed by atoms with E-state index in [1.165, 1.54) is 24.3 Å². The molecule has 1 aliphatic heterocycles. The molecule has 2 rings (SSSR count). The first kappa shape index (κ1) is 9.78. The summed E-state index contributed by atoms with van der Waals surface area (Å²) in [6.45, 7) is 1.68. The zero-order valence-corrected chi connectivity index (χ0v) is 9.00. The Labute approximate surface area is 83.6 Å². The van der Waals surface area contributed by atoms with E-state index >= 15 is 0 Å². The third-order valence-corrected chi connectivity index (χ3v) is 4.48. The molecule has 0 spiro atoms. The zero-order chi connectivity index (χ0) is 9.53. The molecule has 1 nitrogen and oxygen atoms in total. The smallest absolute Gasteiger partial charge is 0.111 e. The Kier molecular flexibility index (Phi) is 2.35. The fourth-order valence-electron chi connectivity index (χ4n) is 2.88. The minimum Gasteiger partial charge on any atom is -0.325 e. The van der Waals surface area contributed by atoms with Crippen LogP contribution in [0.25, 0.3) is 0 Å². The number of nitrogens with two attached hydrogens (primary N) is 1. The summed E-state index contributed by atoms with van der Waals surface area (Å²) in [5, 5.41) is 0. The summed E-state index contributed by atoms with van der Waals surface area (Å²) in [5.41, 5.74) is 5.07. The molecular weight excluding hydrogens is 185 g/mol. The molecule has 0 radical (unpaired) electrons. The van der Waals surface area contributed by atoms with E-state index < -0.39 is 5.67 Å². The maximum absolute atomic E-state index is 13.4. The molecule has 0 amide bonds. The van der Waals surface area contributed by atoms with Crippen molar-refractivity contribution in [1.82, 2.24) is 0 Å². The number of halogens is 1. The summed E-state index contributed by atoms with van der Waals surface area (Å²) in [5.74, 6) is 3.01. The van der Waals surface area contributed by atoms with Gasteiger partial charge in [-0.05, 0) is 50.0 Å². The van der Waals surface area contributed by atoms with Gasteiger partial charge in [-0.2, -0.15) is 11.8 Å². The predicted molar refractivity (Wildman–Crippen MR) is 55.7 cm³/mol. The first-order valence-corrected chi connectivity index (χ1v) is 6.23. The monoisotopic (exact) mass is 203 g/mol. The number of hydrogen-bond donors (Lipinski definition) is 1. The van der Waals surface area contributed by atoms with E-state index in [9.17, 15) is 4.39 Å². The molecule has 1 saturated heterocycles. The van der Waals surface area contributed by atoms with Crippen molar-refractivity contribution in [2.24, 2.45) is 11.7 Å². The van der Waals surface area contributed by atoms with Gasteiger partial charge in [0.2, 0.25) is 0 Å². The summed E-state index contributed by atoms with van der Waals surface area (Å²) >= 11 is 2.00. The Morgan fingerprint density at radius 2 is 1.85 bits per heavy atom. The molecule has 0 aromatic heterocycles. The quantitative estimate of drug-likeness (QED) is 0.708. The molecule has 13 heavy (non-hydrogen) atoms. The van der Waals surface area contributed by atoms with Gasteiger partial charge in [-0.15, -0.1) is 0 Å². The highest BCUT2D eigenvalue weighted by Gasteiger charge is 2.53. The van der Waals surface area contributed by atoms with Crippen molar-refractivity contribution in [2.75, 3.05) is 11.5 Å². The van der Waals surface area contributed by atoms with Crippen LogP contribution in [-0.4, -0.2) is 22.7 Å². The lowest BCUT2D eigenvalue weighted by Crippen LogP contribution is -2.63. The van der Waals surface area contributed by atoms with Gasteiger partial charge < -0.3 is 5.73 Å². The Bertz CT molecular complexity index is 191. The SMILES string of the molecule is CC1(F)CC(N)(C2CCSCC2)C1. The van der Waals surface area contributed by atoms with Crippen LogP contribution in [-0.2, 0) is 0 Å². The summed E-state index contributed by atoms with van der Waals surface area (Å²) in [7, 11) is 0. The second-order valence-electron chi connectivity index (χ2n) is 4.89. The van der Waals surface area contributed by atoms with E-state index in [1.54, 1.807) is 6.92 Å². The van der Waals surface area contributed by atoms with E-state index in [4.69, 9.17) is 5.73 Å². The molecule has 76 valence electrons. The largest absolute Gasteiger partial charge is 0.325 e. The lowest BCUT2D eigenvalue weighted by atomic mass is 9.60. The van der Waals surface area contributed by atoms with Crippen molar-refractivity contribution in [3.63, 3.8) is 0 Å². The van der Waals surface area contributed by atoms with Gasteiger partial charge >= 0.3 is 0 Å². The first-order valence-electron chi connectivity index (χ1n) is 5.07. The van der Waals surface area contributed by atoms with Crippen LogP contribution < -0.4 is 5.73 Å². The molecule has 0 unspecified atom stereocenters. The molecule has 3 heteroatoms. The second-order valence-corrected chi connectivity index (χ2v) is 6.11. The first-order chi connectivity index (χ1) is 6.02. The summed E-state index contributed by atoms with van der Waals surface area (Å²) in [4.78, 5) is 0. The van der Waals surface area contributed by atoms with Gasteiger partial charge in [-0.3, -0.25) is 0 Å². The van der Waals surface area contributed by atoms with Crippen LogP contribution >= 0.6 is 11.8 Å². The van der Waals surface area contributed by atoms with Gasteiger partial charge in [0, 0.05) is 5.54 Å². The molecule has 1 heterocycles. The second kappa shape index (κ2) is 3.13. The molecule has 0 atom stereocenters. The van der Waals surface area contributed by atoms with Gasteiger partial charge in [0.1, 0.15) is 5.67 Å². The Morgan fingerprint density at radius 1 is 1.31 bits per heavy atom. The average molecular weight is 203 g/mol. The van der Waals surface area contributed by atoms with Crippen LogP contribution in [0.5, 0.6) is 0 Å². The van der Waals surface area contributed by atoms with E-state index in [2.05, 4.69) is 0 Å². The van der Waals surface area contributed by atoms with Crippen molar-refractivity contribution in [1.29, 1.82) is 0 Å². The van der Waals surface area contributed by atoms with Crippen molar-refractivity contribution < 1.29 is 4.39 Å². The molecular formula is C10H18FNS. The third-order valence-electron chi connectivity index (χ3n) is 3.43. The number of rotatable bonds is 1. The summed E-state index contributed by atoms with van der Waals surface area (Å²) in [6.07, 6.45) is 3.54. The van der Waals surface area contributed by atoms with Gasteiger partial charge in [-0.25, -0.2) is 4.39 Å². The standard InChI is InChI=1S/C10H18FNS/c1-9(11)6-10(12,7-9)8-2-4-13-5-3-8/h8H,2-7,12H2,1H3. The molecule has 2 aliphatic rings. The molecule has 1 aliphatic carbocycles. The van der Waals surface area contributed by atoms with Crippen LogP contribution in [0.3, 0.4) is 0 Å². The molecule has 0 aromatic rings. The molecule has 0 aromatic carbocycles. The minimum atomic E-state index is -0.973. The van der Waals surface area contributed by atoms with Crippen LogP contribution in [0.1, 0.15) is 32.6 Å². The maximum atomic E-state index is 13.4. The lowest BCUT2D eigenvalue weighted by Gasteiger charge is -2.53. The van der Waals surface area contributed by atoms with Crippen molar-refractivity contribution >= 4 is 11.8 Å². The Morgan fingerprint density at radius 3 is 2.31 bits per heavy atom. The highest BCUT2D eigenvalue weighted by atomic mass is 32.2. The average Bonchev–Trinajstić information content (AvgIpc) is 2.02. The van der Waals surface area contributed by atoms with Gasteiger partial charge in [0.15, 0.2) is 0 Å². The van der Waals surface area contributed by atoms with Crippen LogP contribution in [0.4, 0.5) is 4.39 Å². The predicted octanol–water partition coefficient (Wildman–Crippen LogP) is 2.35. The lowest BCUT2D eigenvalue weighted by molar-refractivity contribution is -0.0304. The van der Waals surface area contributed by atoms with Crippen molar-refractivity contribution in [3.05, 3.63) is 0 Å². The normalized spacial score (nSPS) is 47.3. The number of thioether (sulfide) groups is 1. The molecule has 0 bridgehead atoms. The maximum Gasteiger partial charge on any atom is 0.111 e. The third kappa shape index (κ3) is 1.86.